The molecule has 18 heavy (non-hydrogen) atoms. The Morgan fingerprint density at radius 1 is 1.61 bits per heavy atom. The monoisotopic (exact) mass is 313 g/mol. The summed E-state index contributed by atoms with van der Waals surface area (Å²) in [5.74, 6) is 1.79. The molecule has 0 aliphatic carbocycles. The second-order valence-corrected chi connectivity index (χ2v) is 6.07. The van der Waals surface area contributed by atoms with Gasteiger partial charge in [-0.2, -0.15) is 0 Å². The van der Waals surface area contributed by atoms with Gasteiger partial charge in [0.15, 0.2) is 0 Å². The van der Waals surface area contributed by atoms with Gasteiger partial charge in [0.1, 0.15) is 0 Å². The molecule has 1 saturated heterocycles. The molecule has 5 nitrogen and oxygen atoms in total. The topological polar surface area (TPSA) is 59.3 Å². The van der Waals surface area contributed by atoms with Gasteiger partial charge >= 0.3 is 5.69 Å². The number of pyridine rings is 1. The Morgan fingerprint density at radius 3 is 2.83 bits per heavy atom. The van der Waals surface area contributed by atoms with Crippen molar-refractivity contribution in [1.29, 1.82) is 0 Å². The average molecular weight is 314 g/mol. The minimum Gasteiger partial charge on any atom is -0.350 e. The van der Waals surface area contributed by atoms with Crippen molar-refractivity contribution in [2.24, 2.45) is 11.8 Å². The van der Waals surface area contributed by atoms with Crippen molar-refractivity contribution in [1.82, 2.24) is 4.98 Å². The fourth-order valence-electron chi connectivity index (χ4n) is 2.36. The van der Waals surface area contributed by atoms with Crippen LogP contribution in [0.15, 0.2) is 16.7 Å². The van der Waals surface area contributed by atoms with E-state index in [-0.39, 0.29) is 10.6 Å². The molecule has 0 spiro atoms. The predicted molar refractivity (Wildman–Crippen MR) is 73.7 cm³/mol. The highest BCUT2D eigenvalue weighted by Crippen LogP contribution is 2.34. The van der Waals surface area contributed by atoms with E-state index in [9.17, 15) is 10.1 Å². The number of hydrogen-bond donors (Lipinski definition) is 0. The van der Waals surface area contributed by atoms with Gasteiger partial charge in [-0.15, -0.1) is 0 Å². The van der Waals surface area contributed by atoms with E-state index in [2.05, 4.69) is 34.8 Å². The SMILES string of the molecule is CC(C)CC1CN(c2ncc(Br)cc2[N+](=O)[O-])C1. The third-order valence-electron chi connectivity index (χ3n) is 3.07. The predicted octanol–water partition coefficient (Wildman–Crippen LogP) is 3.23. The molecule has 0 amide bonds. The van der Waals surface area contributed by atoms with Crippen LogP contribution >= 0.6 is 15.9 Å². The summed E-state index contributed by atoms with van der Waals surface area (Å²) in [6, 6.07) is 1.51. The van der Waals surface area contributed by atoms with Crippen LogP contribution < -0.4 is 4.90 Å². The normalized spacial score (nSPS) is 15.9. The molecule has 6 heteroatoms. The molecule has 1 aliphatic rings. The lowest BCUT2D eigenvalue weighted by atomic mass is 9.90. The maximum atomic E-state index is 11.0. The summed E-state index contributed by atoms with van der Waals surface area (Å²) in [6.45, 7) is 6.13. The molecule has 0 atom stereocenters. The summed E-state index contributed by atoms with van der Waals surface area (Å²) in [4.78, 5) is 16.8. The zero-order valence-corrected chi connectivity index (χ0v) is 12.1. The molecule has 0 aromatic carbocycles. The van der Waals surface area contributed by atoms with Gasteiger partial charge in [0.05, 0.1) is 4.92 Å². The molecule has 0 saturated carbocycles. The van der Waals surface area contributed by atoms with Crippen molar-refractivity contribution >= 4 is 27.4 Å². The quantitative estimate of drug-likeness (QED) is 0.632. The molecule has 2 heterocycles. The first-order chi connectivity index (χ1) is 8.47. The summed E-state index contributed by atoms with van der Waals surface area (Å²) in [6.07, 6.45) is 2.78. The lowest BCUT2D eigenvalue weighted by Gasteiger charge is -2.40. The van der Waals surface area contributed by atoms with E-state index in [1.54, 1.807) is 6.20 Å². The van der Waals surface area contributed by atoms with Crippen molar-refractivity contribution in [3.05, 3.63) is 26.9 Å². The second-order valence-electron chi connectivity index (χ2n) is 5.15. The van der Waals surface area contributed by atoms with E-state index in [4.69, 9.17) is 0 Å². The molecule has 0 radical (unpaired) electrons. The Kier molecular flexibility index (Phi) is 3.85. The van der Waals surface area contributed by atoms with Crippen LogP contribution in [-0.4, -0.2) is 23.0 Å². The Hall–Kier alpha value is -1.17. The van der Waals surface area contributed by atoms with Crippen molar-refractivity contribution in [3.63, 3.8) is 0 Å². The second kappa shape index (κ2) is 5.22. The Bertz CT molecular complexity index is 459. The Balaban J connectivity index is 2.09. The van der Waals surface area contributed by atoms with Gasteiger partial charge < -0.3 is 4.90 Å². The number of halogens is 1. The van der Waals surface area contributed by atoms with Gasteiger partial charge in [-0.05, 0) is 34.2 Å². The number of aromatic nitrogens is 1. The number of anilines is 1. The van der Waals surface area contributed by atoms with Crippen molar-refractivity contribution < 1.29 is 4.92 Å². The summed E-state index contributed by atoms with van der Waals surface area (Å²) < 4.78 is 0.636. The highest BCUT2D eigenvalue weighted by atomic mass is 79.9. The van der Waals surface area contributed by atoms with Gasteiger partial charge in [0, 0.05) is 29.8 Å². The van der Waals surface area contributed by atoms with Crippen LogP contribution in [0.3, 0.4) is 0 Å². The van der Waals surface area contributed by atoms with Crippen LogP contribution in [0.4, 0.5) is 11.5 Å². The molecule has 1 aromatic heterocycles. The third-order valence-corrected chi connectivity index (χ3v) is 3.51. The maximum Gasteiger partial charge on any atom is 0.312 e. The Labute approximate surface area is 114 Å². The van der Waals surface area contributed by atoms with Gasteiger partial charge in [-0.1, -0.05) is 13.8 Å². The zero-order chi connectivity index (χ0) is 13.3. The van der Waals surface area contributed by atoms with E-state index in [1.165, 1.54) is 12.5 Å². The molecular weight excluding hydrogens is 298 g/mol. The number of nitro groups is 1. The number of hydrogen-bond acceptors (Lipinski definition) is 4. The van der Waals surface area contributed by atoms with E-state index in [1.807, 2.05) is 4.90 Å². The molecule has 2 rings (SSSR count). The van der Waals surface area contributed by atoms with E-state index >= 15 is 0 Å². The van der Waals surface area contributed by atoms with E-state index < -0.39 is 0 Å². The minimum absolute atomic E-state index is 0.0763. The number of rotatable bonds is 4. The smallest absolute Gasteiger partial charge is 0.312 e. The van der Waals surface area contributed by atoms with Crippen LogP contribution in [0.1, 0.15) is 20.3 Å². The molecule has 0 N–H and O–H groups in total. The highest BCUT2D eigenvalue weighted by Gasteiger charge is 2.32. The summed E-state index contributed by atoms with van der Waals surface area (Å²) in [5, 5.41) is 11.0. The van der Waals surface area contributed by atoms with Gasteiger partial charge in [0.25, 0.3) is 0 Å². The van der Waals surface area contributed by atoms with Gasteiger partial charge in [-0.25, -0.2) is 4.98 Å². The Morgan fingerprint density at radius 2 is 2.28 bits per heavy atom. The van der Waals surface area contributed by atoms with E-state index in [0.29, 0.717) is 22.1 Å². The lowest BCUT2D eigenvalue weighted by molar-refractivity contribution is -0.384. The highest BCUT2D eigenvalue weighted by molar-refractivity contribution is 9.10. The largest absolute Gasteiger partial charge is 0.350 e. The van der Waals surface area contributed by atoms with Crippen molar-refractivity contribution in [2.75, 3.05) is 18.0 Å². The van der Waals surface area contributed by atoms with Crippen LogP contribution in [-0.2, 0) is 0 Å². The van der Waals surface area contributed by atoms with Crippen LogP contribution in [0.25, 0.3) is 0 Å². The summed E-state index contributed by atoms with van der Waals surface area (Å²) in [7, 11) is 0. The van der Waals surface area contributed by atoms with Crippen LogP contribution in [0, 0.1) is 22.0 Å². The maximum absolute atomic E-state index is 11.0. The molecule has 0 bridgehead atoms. The van der Waals surface area contributed by atoms with Gasteiger partial charge in [0.2, 0.25) is 5.82 Å². The molecule has 0 unspecified atom stereocenters. The summed E-state index contributed by atoms with van der Waals surface area (Å²) >= 11 is 3.21. The molecule has 98 valence electrons. The standard InChI is InChI=1S/C12H16BrN3O2/c1-8(2)3-9-6-15(7-9)12-11(16(17)18)4-10(13)5-14-12/h4-5,8-9H,3,6-7H2,1-2H3. The average Bonchev–Trinajstić information content (AvgIpc) is 2.23. The zero-order valence-electron chi connectivity index (χ0n) is 10.5. The molecule has 1 aromatic rings. The van der Waals surface area contributed by atoms with Crippen molar-refractivity contribution in [3.8, 4) is 0 Å². The third kappa shape index (κ3) is 2.80. The summed E-state index contributed by atoms with van der Waals surface area (Å²) in [5.41, 5.74) is 0.0763. The molecular formula is C12H16BrN3O2. The first-order valence-electron chi connectivity index (χ1n) is 6.02. The first kappa shape index (κ1) is 13.3. The lowest BCUT2D eigenvalue weighted by Crippen LogP contribution is -2.47. The molecule has 1 fully saturated rings. The first-order valence-corrected chi connectivity index (χ1v) is 6.81. The molecule has 1 aliphatic heterocycles. The van der Waals surface area contributed by atoms with E-state index in [0.717, 1.165) is 13.1 Å². The van der Waals surface area contributed by atoms with Crippen LogP contribution in [0.2, 0.25) is 0 Å². The fourth-order valence-corrected chi connectivity index (χ4v) is 2.68. The fraction of sp³-hybridized carbons (Fsp3) is 0.583. The van der Waals surface area contributed by atoms with Crippen molar-refractivity contribution in [2.45, 2.75) is 20.3 Å². The van der Waals surface area contributed by atoms with Gasteiger partial charge in [-0.3, -0.25) is 10.1 Å². The van der Waals surface area contributed by atoms with Crippen LogP contribution in [0.5, 0.6) is 0 Å². The minimum atomic E-state index is -0.372. The number of nitrogens with zero attached hydrogens (tertiary/aromatic N) is 3.